The first-order valence-electron chi connectivity index (χ1n) is 7.28. The van der Waals surface area contributed by atoms with Crippen molar-refractivity contribution in [3.05, 3.63) is 42.5 Å². The van der Waals surface area contributed by atoms with E-state index < -0.39 is 0 Å². The highest BCUT2D eigenvalue weighted by Crippen LogP contribution is 2.11. The molecule has 6 nitrogen and oxygen atoms in total. The molecule has 0 spiro atoms. The van der Waals surface area contributed by atoms with Crippen molar-refractivity contribution < 1.29 is 4.79 Å². The van der Waals surface area contributed by atoms with Gasteiger partial charge in [-0.1, -0.05) is 0 Å². The highest BCUT2D eigenvalue weighted by molar-refractivity contribution is 5.92. The van der Waals surface area contributed by atoms with Crippen molar-refractivity contribution in [3.8, 4) is 5.69 Å². The molecule has 1 unspecified atom stereocenters. The normalized spacial score (nSPS) is 16.3. The van der Waals surface area contributed by atoms with Crippen molar-refractivity contribution in [2.24, 2.45) is 5.92 Å². The first kappa shape index (κ1) is 19.4. The first-order chi connectivity index (χ1) is 10.3. The average molecular weight is 358 g/mol. The van der Waals surface area contributed by atoms with Gasteiger partial charge in [-0.05, 0) is 50.0 Å². The van der Waals surface area contributed by atoms with Gasteiger partial charge in [-0.25, -0.2) is 4.68 Å². The number of amides is 1. The number of carbonyl (C=O) groups excluding carboxylic acids is 1. The fourth-order valence-electron chi connectivity index (χ4n) is 2.55. The molecule has 0 aromatic carbocycles. The number of halogens is 2. The lowest BCUT2D eigenvalue weighted by molar-refractivity contribution is 0.0946. The molecular weight excluding hydrogens is 337 g/mol. The maximum Gasteiger partial charge on any atom is 0.269 e. The van der Waals surface area contributed by atoms with Gasteiger partial charge in [0.25, 0.3) is 5.91 Å². The minimum atomic E-state index is -0.130. The quantitative estimate of drug-likeness (QED) is 0.856. The van der Waals surface area contributed by atoms with Crippen LogP contribution in [-0.4, -0.2) is 40.3 Å². The van der Waals surface area contributed by atoms with Crippen LogP contribution in [-0.2, 0) is 0 Å². The van der Waals surface area contributed by atoms with Crippen LogP contribution in [0.4, 0.5) is 0 Å². The predicted molar refractivity (Wildman–Crippen MR) is 93.8 cm³/mol. The summed E-state index contributed by atoms with van der Waals surface area (Å²) >= 11 is 0. The summed E-state index contributed by atoms with van der Waals surface area (Å²) < 4.78 is 1.71. The zero-order chi connectivity index (χ0) is 14.5. The second kappa shape index (κ2) is 9.50. The van der Waals surface area contributed by atoms with Gasteiger partial charge >= 0.3 is 0 Å². The van der Waals surface area contributed by atoms with E-state index >= 15 is 0 Å². The number of rotatable bonds is 5. The Hall–Kier alpha value is -1.63. The Labute approximate surface area is 147 Å². The molecule has 0 radical (unpaired) electrons. The maximum atomic E-state index is 12.1. The van der Waals surface area contributed by atoms with Crippen molar-refractivity contribution >= 4 is 30.7 Å². The number of aromatic nitrogens is 3. The molecule has 2 aromatic rings. The average Bonchev–Trinajstić information content (AvgIpc) is 3.21. The topological polar surface area (TPSA) is 71.8 Å². The molecule has 2 N–H and O–H groups in total. The summed E-state index contributed by atoms with van der Waals surface area (Å²) in [5, 5.41) is 10.4. The van der Waals surface area contributed by atoms with Crippen LogP contribution in [0.1, 0.15) is 23.3 Å². The smallest absolute Gasteiger partial charge is 0.269 e. The van der Waals surface area contributed by atoms with Gasteiger partial charge in [0.15, 0.2) is 0 Å². The van der Waals surface area contributed by atoms with Crippen molar-refractivity contribution in [2.45, 2.75) is 12.8 Å². The lowest BCUT2D eigenvalue weighted by Gasteiger charge is -2.09. The van der Waals surface area contributed by atoms with E-state index in [2.05, 4.69) is 20.7 Å². The van der Waals surface area contributed by atoms with Gasteiger partial charge < -0.3 is 10.6 Å². The zero-order valence-corrected chi connectivity index (χ0v) is 14.3. The maximum absolute atomic E-state index is 12.1. The molecule has 1 fully saturated rings. The summed E-state index contributed by atoms with van der Waals surface area (Å²) in [5.74, 6) is 0.545. The van der Waals surface area contributed by atoms with Gasteiger partial charge in [0, 0.05) is 25.1 Å². The molecular formula is C15H21Cl2N5O. The van der Waals surface area contributed by atoms with Crippen molar-refractivity contribution in [1.82, 2.24) is 25.4 Å². The van der Waals surface area contributed by atoms with Crippen LogP contribution >= 0.6 is 24.8 Å². The summed E-state index contributed by atoms with van der Waals surface area (Å²) in [6, 6.07) is 5.42. The van der Waals surface area contributed by atoms with Crippen molar-refractivity contribution in [2.75, 3.05) is 19.6 Å². The van der Waals surface area contributed by atoms with Crippen molar-refractivity contribution in [1.29, 1.82) is 0 Å². The molecule has 1 aliphatic rings. The molecule has 0 aliphatic carbocycles. The Morgan fingerprint density at radius 3 is 2.96 bits per heavy atom. The number of hydrogen-bond acceptors (Lipinski definition) is 4. The Bertz CT molecular complexity index is 600. The Kier molecular flexibility index (Phi) is 8.02. The Morgan fingerprint density at radius 1 is 1.39 bits per heavy atom. The first-order valence-corrected chi connectivity index (χ1v) is 7.28. The molecule has 3 rings (SSSR count). The van der Waals surface area contributed by atoms with Crippen LogP contribution in [0.5, 0.6) is 0 Å². The lowest BCUT2D eigenvalue weighted by atomic mass is 10.1. The van der Waals surface area contributed by atoms with E-state index in [0.29, 0.717) is 18.2 Å². The van der Waals surface area contributed by atoms with E-state index in [-0.39, 0.29) is 30.7 Å². The molecule has 1 aliphatic heterocycles. The van der Waals surface area contributed by atoms with Gasteiger partial charge in [-0.3, -0.25) is 9.78 Å². The third-order valence-corrected chi connectivity index (χ3v) is 3.75. The minimum Gasteiger partial charge on any atom is -0.351 e. The second-order valence-corrected chi connectivity index (χ2v) is 5.25. The predicted octanol–water partition coefficient (Wildman–Crippen LogP) is 1.84. The van der Waals surface area contributed by atoms with E-state index in [1.807, 2.05) is 18.3 Å². The summed E-state index contributed by atoms with van der Waals surface area (Å²) in [6.45, 7) is 2.84. The van der Waals surface area contributed by atoms with Crippen LogP contribution in [0.3, 0.4) is 0 Å². The fraction of sp³-hybridized carbons (Fsp3) is 0.400. The third-order valence-electron chi connectivity index (χ3n) is 3.75. The Balaban J connectivity index is 0.00000132. The molecule has 3 heterocycles. The van der Waals surface area contributed by atoms with Crippen LogP contribution < -0.4 is 10.6 Å². The molecule has 126 valence electrons. The molecule has 2 aromatic heterocycles. The second-order valence-electron chi connectivity index (χ2n) is 5.25. The zero-order valence-electron chi connectivity index (χ0n) is 12.6. The monoisotopic (exact) mass is 357 g/mol. The van der Waals surface area contributed by atoms with Crippen molar-refractivity contribution in [3.63, 3.8) is 0 Å². The van der Waals surface area contributed by atoms with Crippen LogP contribution in [0, 0.1) is 5.92 Å². The van der Waals surface area contributed by atoms with E-state index in [4.69, 9.17) is 0 Å². The largest absolute Gasteiger partial charge is 0.351 e. The van der Waals surface area contributed by atoms with Gasteiger partial charge in [0.2, 0.25) is 0 Å². The fourth-order valence-corrected chi connectivity index (χ4v) is 2.55. The van der Waals surface area contributed by atoms with E-state index in [1.165, 1.54) is 6.42 Å². The number of nitrogens with zero attached hydrogens (tertiary/aromatic N) is 3. The Morgan fingerprint density at radius 2 is 2.26 bits per heavy atom. The van der Waals surface area contributed by atoms with E-state index in [0.717, 1.165) is 25.2 Å². The van der Waals surface area contributed by atoms with Crippen LogP contribution in [0.2, 0.25) is 0 Å². The highest BCUT2D eigenvalue weighted by atomic mass is 35.5. The number of nitrogens with one attached hydrogen (secondary N) is 2. The van der Waals surface area contributed by atoms with Gasteiger partial charge in [-0.15, -0.1) is 24.8 Å². The SMILES string of the molecule is Cl.Cl.O=C(NCCC1CCNC1)c1cc(-n2cccn2)ccn1. The molecule has 8 heteroatoms. The standard InChI is InChI=1S/C15H19N5O.2ClH/c21-15(18-7-3-12-2-6-16-11-12)14-10-13(4-8-17-14)20-9-1-5-19-20;;/h1,4-5,8-10,12,16H,2-3,6-7,11H2,(H,18,21);2*1H. The van der Waals surface area contributed by atoms with Crippen LogP contribution in [0.15, 0.2) is 36.8 Å². The molecule has 1 saturated heterocycles. The molecule has 1 atom stereocenters. The van der Waals surface area contributed by atoms with Gasteiger partial charge in [0.05, 0.1) is 5.69 Å². The summed E-state index contributed by atoms with van der Waals surface area (Å²) in [4.78, 5) is 16.3. The highest BCUT2D eigenvalue weighted by Gasteiger charge is 2.15. The summed E-state index contributed by atoms with van der Waals surface area (Å²) in [6.07, 6.45) is 7.38. The molecule has 0 bridgehead atoms. The van der Waals surface area contributed by atoms with Crippen LogP contribution in [0.25, 0.3) is 5.69 Å². The van der Waals surface area contributed by atoms with E-state index in [9.17, 15) is 4.79 Å². The van der Waals surface area contributed by atoms with Gasteiger partial charge in [-0.2, -0.15) is 5.10 Å². The van der Waals surface area contributed by atoms with Gasteiger partial charge in [0.1, 0.15) is 5.69 Å². The van der Waals surface area contributed by atoms with E-state index in [1.54, 1.807) is 23.1 Å². The summed E-state index contributed by atoms with van der Waals surface area (Å²) in [5.41, 5.74) is 1.26. The molecule has 1 amide bonds. The molecule has 23 heavy (non-hydrogen) atoms. The number of hydrogen-bond donors (Lipinski definition) is 2. The third kappa shape index (κ3) is 5.20. The summed E-state index contributed by atoms with van der Waals surface area (Å²) in [7, 11) is 0. The number of carbonyl (C=O) groups is 1. The minimum absolute atomic E-state index is 0. The molecule has 0 saturated carbocycles. The lowest BCUT2D eigenvalue weighted by Crippen LogP contribution is -2.27. The number of pyridine rings is 1.